The molecule has 2 atom stereocenters. The Kier molecular flexibility index (Phi) is 3.75. The van der Waals surface area contributed by atoms with Crippen molar-refractivity contribution in [2.45, 2.75) is 31.0 Å². The molecule has 0 saturated carbocycles. The summed E-state index contributed by atoms with van der Waals surface area (Å²) in [6.07, 6.45) is 2.93. The van der Waals surface area contributed by atoms with Crippen LogP contribution in [0.1, 0.15) is 36.3 Å². The van der Waals surface area contributed by atoms with Crippen molar-refractivity contribution in [3.63, 3.8) is 0 Å². The Hall–Kier alpha value is -0.420. The van der Waals surface area contributed by atoms with Gasteiger partial charge in [0.25, 0.3) is 0 Å². The molecule has 1 saturated heterocycles. The van der Waals surface area contributed by atoms with Gasteiger partial charge in [0.1, 0.15) is 0 Å². The Bertz CT molecular complexity index is 310. The zero-order valence-corrected chi connectivity index (χ0v) is 10.4. The third-order valence-electron chi connectivity index (χ3n) is 2.61. The number of ether oxygens (including phenoxy) is 1. The Labute approximate surface area is 97.5 Å². The summed E-state index contributed by atoms with van der Waals surface area (Å²) in [7, 11) is 0. The van der Waals surface area contributed by atoms with E-state index in [1.54, 1.807) is 0 Å². The second-order valence-electron chi connectivity index (χ2n) is 3.86. The molecular weight excluding hydrogens is 260 g/mol. The van der Waals surface area contributed by atoms with Crippen LogP contribution in [0.15, 0.2) is 4.52 Å². The number of hydrogen-bond acceptors (Lipinski definition) is 4. The van der Waals surface area contributed by atoms with Crippen LogP contribution in [0, 0.1) is 5.92 Å². The molecular formula is C10H15BrN2O2. The number of nitrogens with zero attached hydrogens (tertiary/aromatic N) is 2. The zero-order chi connectivity index (χ0) is 10.7. The van der Waals surface area contributed by atoms with Crippen molar-refractivity contribution in [1.82, 2.24) is 10.1 Å². The summed E-state index contributed by atoms with van der Waals surface area (Å²) in [5.74, 6) is 2.05. The Morgan fingerprint density at radius 3 is 3.13 bits per heavy atom. The Balaban J connectivity index is 1.94. The van der Waals surface area contributed by atoms with Crippen molar-refractivity contribution in [3.8, 4) is 0 Å². The molecule has 2 rings (SSSR count). The molecule has 0 spiro atoms. The van der Waals surface area contributed by atoms with Crippen LogP contribution >= 0.6 is 15.9 Å². The minimum atomic E-state index is 0.179. The van der Waals surface area contributed by atoms with E-state index in [1.807, 2.05) is 0 Å². The van der Waals surface area contributed by atoms with Crippen LogP contribution in [0.4, 0.5) is 0 Å². The molecule has 0 bridgehead atoms. The Morgan fingerprint density at radius 1 is 1.60 bits per heavy atom. The molecule has 1 aromatic rings. The van der Waals surface area contributed by atoms with Crippen LogP contribution in [0.3, 0.4) is 0 Å². The second-order valence-corrected chi connectivity index (χ2v) is 4.96. The third kappa shape index (κ3) is 2.78. The molecule has 15 heavy (non-hydrogen) atoms. The van der Waals surface area contributed by atoms with Gasteiger partial charge in [-0.1, -0.05) is 28.0 Å². The van der Waals surface area contributed by atoms with E-state index in [0.717, 1.165) is 38.3 Å². The van der Waals surface area contributed by atoms with Crippen LogP contribution < -0.4 is 0 Å². The molecule has 0 radical (unpaired) electrons. The first-order chi connectivity index (χ1) is 7.29. The molecule has 2 heterocycles. The lowest BCUT2D eigenvalue weighted by Crippen LogP contribution is -2.05. The minimum absolute atomic E-state index is 0.179. The number of rotatable bonds is 4. The molecule has 1 aliphatic rings. The van der Waals surface area contributed by atoms with Crippen molar-refractivity contribution in [2.24, 2.45) is 5.92 Å². The lowest BCUT2D eigenvalue weighted by molar-refractivity contribution is 0.185. The predicted octanol–water partition coefficient (Wildman–Crippen LogP) is 2.49. The first kappa shape index (κ1) is 11.1. The van der Waals surface area contributed by atoms with E-state index in [-0.39, 0.29) is 4.83 Å². The van der Waals surface area contributed by atoms with Crippen molar-refractivity contribution in [3.05, 3.63) is 11.7 Å². The van der Waals surface area contributed by atoms with Gasteiger partial charge >= 0.3 is 0 Å². The number of hydrogen-bond donors (Lipinski definition) is 0. The summed E-state index contributed by atoms with van der Waals surface area (Å²) in [6.45, 7) is 3.77. The van der Waals surface area contributed by atoms with E-state index in [4.69, 9.17) is 9.26 Å². The smallest absolute Gasteiger partial charge is 0.240 e. The average Bonchev–Trinajstić information content (AvgIpc) is 2.88. The van der Waals surface area contributed by atoms with Gasteiger partial charge in [-0.25, -0.2) is 0 Å². The van der Waals surface area contributed by atoms with Gasteiger partial charge in [0, 0.05) is 19.6 Å². The van der Waals surface area contributed by atoms with E-state index < -0.39 is 0 Å². The highest BCUT2D eigenvalue weighted by Crippen LogP contribution is 2.25. The fraction of sp³-hybridized carbons (Fsp3) is 0.800. The van der Waals surface area contributed by atoms with Gasteiger partial charge in [-0.2, -0.15) is 4.98 Å². The maximum absolute atomic E-state index is 5.31. The van der Waals surface area contributed by atoms with Gasteiger partial charge in [-0.15, -0.1) is 0 Å². The van der Waals surface area contributed by atoms with E-state index in [0.29, 0.717) is 11.8 Å². The maximum atomic E-state index is 5.31. The van der Waals surface area contributed by atoms with Crippen LogP contribution in [-0.2, 0) is 11.2 Å². The van der Waals surface area contributed by atoms with Gasteiger partial charge < -0.3 is 9.26 Å². The first-order valence-corrected chi connectivity index (χ1v) is 6.25. The van der Waals surface area contributed by atoms with Gasteiger partial charge in [-0.3, -0.25) is 0 Å². The molecule has 5 heteroatoms. The average molecular weight is 275 g/mol. The summed E-state index contributed by atoms with van der Waals surface area (Å²) in [5.41, 5.74) is 0. The van der Waals surface area contributed by atoms with E-state index in [2.05, 4.69) is 33.0 Å². The molecule has 0 amide bonds. The Morgan fingerprint density at radius 2 is 2.47 bits per heavy atom. The largest absolute Gasteiger partial charge is 0.381 e. The van der Waals surface area contributed by atoms with Gasteiger partial charge in [0.15, 0.2) is 5.82 Å². The van der Waals surface area contributed by atoms with Gasteiger partial charge in [0.2, 0.25) is 5.89 Å². The first-order valence-electron chi connectivity index (χ1n) is 5.34. The van der Waals surface area contributed by atoms with Gasteiger partial charge in [0.05, 0.1) is 4.83 Å². The highest BCUT2D eigenvalue weighted by molar-refractivity contribution is 9.09. The van der Waals surface area contributed by atoms with E-state index in [1.165, 1.54) is 0 Å². The molecule has 0 aliphatic carbocycles. The number of alkyl halides is 1. The van der Waals surface area contributed by atoms with E-state index >= 15 is 0 Å². The maximum Gasteiger partial charge on any atom is 0.240 e. The molecule has 1 fully saturated rings. The van der Waals surface area contributed by atoms with Crippen molar-refractivity contribution in [2.75, 3.05) is 13.2 Å². The fourth-order valence-corrected chi connectivity index (χ4v) is 1.84. The minimum Gasteiger partial charge on any atom is -0.381 e. The summed E-state index contributed by atoms with van der Waals surface area (Å²) in [6, 6.07) is 0. The van der Waals surface area contributed by atoms with E-state index in [9.17, 15) is 0 Å². The second kappa shape index (κ2) is 5.07. The van der Waals surface area contributed by atoms with Crippen LogP contribution in [-0.4, -0.2) is 23.4 Å². The lowest BCUT2D eigenvalue weighted by atomic mass is 10.1. The van der Waals surface area contributed by atoms with Gasteiger partial charge in [-0.05, 0) is 18.8 Å². The lowest BCUT2D eigenvalue weighted by Gasteiger charge is -2.01. The summed E-state index contributed by atoms with van der Waals surface area (Å²) in [5, 5.41) is 3.98. The third-order valence-corrected chi connectivity index (χ3v) is 3.64. The van der Waals surface area contributed by atoms with Crippen molar-refractivity contribution >= 4 is 15.9 Å². The van der Waals surface area contributed by atoms with Crippen molar-refractivity contribution < 1.29 is 9.26 Å². The monoisotopic (exact) mass is 274 g/mol. The molecule has 0 aromatic carbocycles. The SMILES string of the molecule is CCC(Br)c1nc(CC2CCOC2)no1. The molecule has 4 nitrogen and oxygen atoms in total. The summed E-state index contributed by atoms with van der Waals surface area (Å²) in [4.78, 5) is 4.54. The summed E-state index contributed by atoms with van der Waals surface area (Å²) >= 11 is 3.49. The van der Waals surface area contributed by atoms with Crippen LogP contribution in [0.5, 0.6) is 0 Å². The molecule has 2 unspecified atom stereocenters. The fourth-order valence-electron chi connectivity index (χ4n) is 1.65. The highest BCUT2D eigenvalue weighted by atomic mass is 79.9. The zero-order valence-electron chi connectivity index (χ0n) is 8.78. The van der Waals surface area contributed by atoms with Crippen LogP contribution in [0.2, 0.25) is 0 Å². The van der Waals surface area contributed by atoms with Crippen LogP contribution in [0.25, 0.3) is 0 Å². The topological polar surface area (TPSA) is 48.2 Å². The van der Waals surface area contributed by atoms with Crippen molar-refractivity contribution in [1.29, 1.82) is 0 Å². The number of halogens is 1. The molecule has 0 N–H and O–H groups in total. The standard InChI is InChI=1S/C10H15BrN2O2/c1-2-8(11)10-12-9(13-15-10)5-7-3-4-14-6-7/h7-8H,2-6H2,1H3. The highest BCUT2D eigenvalue weighted by Gasteiger charge is 2.20. The quantitative estimate of drug-likeness (QED) is 0.792. The predicted molar refractivity (Wildman–Crippen MR) is 58.9 cm³/mol. The molecule has 1 aliphatic heterocycles. The number of aromatic nitrogens is 2. The normalized spacial score (nSPS) is 23.2. The molecule has 1 aromatic heterocycles. The summed E-state index contributed by atoms with van der Waals surface area (Å²) < 4.78 is 10.5. The molecule has 84 valence electrons.